The molecule has 0 spiro atoms. The minimum atomic E-state index is -0.200. The zero-order valence-electron chi connectivity index (χ0n) is 14.6. The number of amides is 1. The molecule has 1 amide bonds. The quantitative estimate of drug-likeness (QED) is 0.604. The highest BCUT2D eigenvalue weighted by molar-refractivity contribution is 7.16. The van der Waals surface area contributed by atoms with E-state index in [1.165, 1.54) is 22.2 Å². The number of hydrogen-bond donors (Lipinski definition) is 1. The van der Waals surface area contributed by atoms with Crippen molar-refractivity contribution in [3.63, 3.8) is 0 Å². The van der Waals surface area contributed by atoms with Crippen molar-refractivity contribution in [1.82, 2.24) is 9.55 Å². The smallest absolute Gasteiger partial charge is 0.262 e. The highest BCUT2D eigenvalue weighted by Crippen LogP contribution is 2.18. The van der Waals surface area contributed by atoms with Crippen LogP contribution in [0.5, 0.6) is 5.75 Å². The summed E-state index contributed by atoms with van der Waals surface area (Å²) in [6.07, 6.45) is 2.74. The molecule has 27 heavy (non-hydrogen) atoms. The number of ether oxygens (including phenoxy) is 1. The molecule has 3 rings (SSSR count). The number of rotatable bonds is 8. The number of aromatic nitrogens is 2. The van der Waals surface area contributed by atoms with Crippen molar-refractivity contribution >= 4 is 33.1 Å². The number of carbonyl (C=O) groups is 1. The summed E-state index contributed by atoms with van der Waals surface area (Å²) in [6, 6.07) is 10.9. The Morgan fingerprint density at radius 2 is 2.26 bits per heavy atom. The minimum absolute atomic E-state index is 0.137. The SMILES string of the molecule is N#CCCCOc1cccc(NC(=O)CCn2cnc3sccc3c2=O)c1. The molecule has 1 N–H and O–H groups in total. The molecule has 8 heteroatoms. The van der Waals surface area contributed by atoms with Crippen LogP contribution in [0.3, 0.4) is 0 Å². The lowest BCUT2D eigenvalue weighted by Crippen LogP contribution is -2.23. The molecular weight excluding hydrogens is 364 g/mol. The fourth-order valence-electron chi connectivity index (χ4n) is 2.50. The van der Waals surface area contributed by atoms with Gasteiger partial charge in [0.2, 0.25) is 5.91 Å². The Labute approximate surface area is 159 Å². The second-order valence-electron chi connectivity index (χ2n) is 5.82. The first-order valence-electron chi connectivity index (χ1n) is 8.49. The van der Waals surface area contributed by atoms with E-state index in [0.29, 0.717) is 41.1 Å². The Kier molecular flexibility index (Phi) is 6.18. The van der Waals surface area contributed by atoms with Gasteiger partial charge >= 0.3 is 0 Å². The summed E-state index contributed by atoms with van der Waals surface area (Å²) in [5.74, 6) is 0.433. The van der Waals surface area contributed by atoms with Crippen LogP contribution in [-0.2, 0) is 11.3 Å². The van der Waals surface area contributed by atoms with E-state index in [1.807, 2.05) is 5.38 Å². The molecular formula is C19H18N4O3S. The van der Waals surface area contributed by atoms with Crippen LogP contribution in [0.25, 0.3) is 10.2 Å². The summed E-state index contributed by atoms with van der Waals surface area (Å²) >= 11 is 1.41. The molecule has 3 aromatic rings. The van der Waals surface area contributed by atoms with E-state index >= 15 is 0 Å². The van der Waals surface area contributed by atoms with Gasteiger partial charge in [-0.3, -0.25) is 14.2 Å². The third-order valence-electron chi connectivity index (χ3n) is 3.85. The number of anilines is 1. The number of carbonyl (C=O) groups excluding carboxylic acids is 1. The fourth-order valence-corrected chi connectivity index (χ4v) is 3.23. The summed E-state index contributed by atoms with van der Waals surface area (Å²) in [7, 11) is 0. The van der Waals surface area contributed by atoms with Crippen LogP contribution in [-0.4, -0.2) is 22.1 Å². The van der Waals surface area contributed by atoms with E-state index < -0.39 is 0 Å². The average molecular weight is 382 g/mol. The van der Waals surface area contributed by atoms with E-state index in [0.717, 1.165) is 0 Å². The van der Waals surface area contributed by atoms with Crippen molar-refractivity contribution in [1.29, 1.82) is 5.26 Å². The van der Waals surface area contributed by atoms with Gasteiger partial charge in [0.05, 0.1) is 24.4 Å². The first kappa shape index (κ1) is 18.6. The maximum atomic E-state index is 12.3. The Hall–Kier alpha value is -3.18. The lowest BCUT2D eigenvalue weighted by molar-refractivity contribution is -0.116. The van der Waals surface area contributed by atoms with Crippen molar-refractivity contribution in [2.45, 2.75) is 25.8 Å². The van der Waals surface area contributed by atoms with Crippen molar-refractivity contribution in [3.8, 4) is 11.8 Å². The van der Waals surface area contributed by atoms with Crippen molar-refractivity contribution < 1.29 is 9.53 Å². The van der Waals surface area contributed by atoms with Crippen LogP contribution in [0.4, 0.5) is 5.69 Å². The molecule has 0 unspecified atom stereocenters. The first-order valence-corrected chi connectivity index (χ1v) is 9.37. The second-order valence-corrected chi connectivity index (χ2v) is 6.71. The normalized spacial score (nSPS) is 10.5. The molecule has 0 radical (unpaired) electrons. The molecule has 0 atom stereocenters. The van der Waals surface area contributed by atoms with Crippen molar-refractivity contribution in [2.24, 2.45) is 0 Å². The molecule has 2 heterocycles. The van der Waals surface area contributed by atoms with Gasteiger partial charge in [-0.1, -0.05) is 6.07 Å². The highest BCUT2D eigenvalue weighted by Gasteiger charge is 2.08. The van der Waals surface area contributed by atoms with E-state index in [-0.39, 0.29) is 24.4 Å². The molecule has 0 aliphatic heterocycles. The summed E-state index contributed by atoms with van der Waals surface area (Å²) in [5.41, 5.74) is 0.485. The molecule has 2 aromatic heterocycles. The van der Waals surface area contributed by atoms with Gasteiger partial charge in [0.25, 0.3) is 5.56 Å². The van der Waals surface area contributed by atoms with Gasteiger partial charge in [-0.05, 0) is 30.0 Å². The number of benzene rings is 1. The number of thiophene rings is 1. The fraction of sp³-hybridized carbons (Fsp3) is 0.263. The van der Waals surface area contributed by atoms with E-state index in [9.17, 15) is 9.59 Å². The van der Waals surface area contributed by atoms with Crippen LogP contribution in [0.1, 0.15) is 19.3 Å². The molecule has 138 valence electrons. The van der Waals surface area contributed by atoms with Crippen LogP contribution < -0.4 is 15.6 Å². The largest absolute Gasteiger partial charge is 0.493 e. The topological polar surface area (TPSA) is 97.0 Å². The summed E-state index contributed by atoms with van der Waals surface area (Å²) < 4.78 is 7.00. The van der Waals surface area contributed by atoms with Gasteiger partial charge in [0, 0.05) is 31.1 Å². The monoisotopic (exact) mass is 382 g/mol. The van der Waals surface area contributed by atoms with Gasteiger partial charge in [-0.15, -0.1) is 11.3 Å². The zero-order valence-corrected chi connectivity index (χ0v) is 15.4. The summed E-state index contributed by atoms with van der Waals surface area (Å²) in [6.45, 7) is 0.708. The lowest BCUT2D eigenvalue weighted by atomic mass is 10.3. The number of fused-ring (bicyclic) bond motifs is 1. The molecule has 0 saturated heterocycles. The Morgan fingerprint density at radius 3 is 3.11 bits per heavy atom. The van der Waals surface area contributed by atoms with Crippen LogP contribution in [0.15, 0.2) is 46.8 Å². The maximum absolute atomic E-state index is 12.3. The average Bonchev–Trinajstić information content (AvgIpc) is 3.15. The highest BCUT2D eigenvalue weighted by atomic mass is 32.1. The predicted molar refractivity (Wildman–Crippen MR) is 104 cm³/mol. The molecule has 0 bridgehead atoms. The molecule has 7 nitrogen and oxygen atoms in total. The van der Waals surface area contributed by atoms with E-state index in [2.05, 4.69) is 16.4 Å². The van der Waals surface area contributed by atoms with Crippen LogP contribution in [0.2, 0.25) is 0 Å². The zero-order chi connectivity index (χ0) is 19.1. The third kappa shape index (κ3) is 4.92. The molecule has 0 fully saturated rings. The molecule has 1 aromatic carbocycles. The first-order chi connectivity index (χ1) is 13.2. The molecule has 0 saturated carbocycles. The van der Waals surface area contributed by atoms with Gasteiger partial charge in [-0.2, -0.15) is 5.26 Å². The minimum Gasteiger partial charge on any atom is -0.493 e. The number of hydrogen-bond acceptors (Lipinski definition) is 6. The lowest BCUT2D eigenvalue weighted by Gasteiger charge is -2.09. The van der Waals surface area contributed by atoms with Gasteiger partial charge < -0.3 is 10.1 Å². The Bertz CT molecular complexity index is 1040. The summed E-state index contributed by atoms with van der Waals surface area (Å²) in [5, 5.41) is 13.7. The number of unbranched alkanes of at least 4 members (excludes halogenated alkanes) is 1. The van der Waals surface area contributed by atoms with E-state index in [1.54, 1.807) is 30.3 Å². The third-order valence-corrected chi connectivity index (χ3v) is 4.67. The van der Waals surface area contributed by atoms with Crippen LogP contribution >= 0.6 is 11.3 Å². The number of aryl methyl sites for hydroxylation is 1. The Morgan fingerprint density at radius 1 is 1.37 bits per heavy atom. The number of nitrogens with one attached hydrogen (secondary N) is 1. The van der Waals surface area contributed by atoms with E-state index in [4.69, 9.17) is 10.00 Å². The standard InChI is InChI=1S/C19H18N4O3S/c20-8-1-2-10-26-15-5-3-4-14(12-15)22-17(24)6-9-23-13-21-18-16(19(23)25)7-11-27-18/h3-5,7,11-13H,1-2,6,9-10H2,(H,22,24). The molecule has 0 aliphatic rings. The predicted octanol–water partition coefficient (Wildman–Crippen LogP) is 3.17. The van der Waals surface area contributed by atoms with Crippen molar-refractivity contribution in [3.05, 3.63) is 52.4 Å². The summed E-state index contributed by atoms with van der Waals surface area (Å²) in [4.78, 5) is 29.4. The maximum Gasteiger partial charge on any atom is 0.262 e. The van der Waals surface area contributed by atoms with Gasteiger partial charge in [-0.25, -0.2) is 4.98 Å². The second kappa shape index (κ2) is 8.96. The number of nitriles is 1. The number of nitrogens with zero attached hydrogens (tertiary/aromatic N) is 3. The molecule has 0 aliphatic carbocycles. The van der Waals surface area contributed by atoms with Crippen LogP contribution in [0, 0.1) is 11.3 Å². The van der Waals surface area contributed by atoms with Crippen molar-refractivity contribution in [2.75, 3.05) is 11.9 Å². The van der Waals surface area contributed by atoms with Gasteiger partial charge in [0.15, 0.2) is 0 Å². The Balaban J connectivity index is 1.55. The van der Waals surface area contributed by atoms with Gasteiger partial charge in [0.1, 0.15) is 10.6 Å².